The second-order valence-electron chi connectivity index (χ2n) is 8.30. The van der Waals surface area contributed by atoms with Gasteiger partial charge in [-0.05, 0) is 22.6 Å². The zero-order valence-electron chi connectivity index (χ0n) is 19.2. The number of nitrogens with one attached hydrogen (secondary N) is 2. The van der Waals surface area contributed by atoms with E-state index in [0.29, 0.717) is 0 Å². The van der Waals surface area contributed by atoms with Crippen LogP contribution >= 0.6 is 25.0 Å². The number of carbonyl (C=O) groups excluding carboxylic acids is 1. The van der Waals surface area contributed by atoms with Crippen molar-refractivity contribution in [2.75, 3.05) is 5.75 Å². The van der Waals surface area contributed by atoms with E-state index in [2.05, 4.69) is 23.3 Å². The number of benzene rings is 3. The molecule has 5 nitrogen and oxygen atoms in total. The summed E-state index contributed by atoms with van der Waals surface area (Å²) < 4.78 is 0. The van der Waals surface area contributed by atoms with Crippen molar-refractivity contribution >= 4 is 36.9 Å². The minimum absolute atomic E-state index is 0. The highest BCUT2D eigenvalue weighted by atomic mass is 35.5. The molecular weight excluding hydrogens is 468 g/mol. The van der Waals surface area contributed by atoms with Gasteiger partial charge in [-0.15, -0.1) is 12.4 Å². The monoisotopic (exact) mass is 498 g/mol. The minimum Gasteiger partial charge on any atom is -0.480 e. The quantitative estimate of drug-likeness (QED) is 0.245. The number of aliphatic carboxylic acids is 1. The SMILES string of the molecule is CC(C)[C@H](NC(=O)[C@H](CS)NC(c1ccccc1)(c1ccccc1)c1ccccc1)C(=O)O.Cl. The normalized spacial score (nSPS) is 12.9. The van der Waals surface area contributed by atoms with Gasteiger partial charge in [0.15, 0.2) is 0 Å². The first-order valence-electron chi connectivity index (χ1n) is 11.0. The molecule has 3 rings (SSSR count). The molecule has 0 fully saturated rings. The molecule has 0 saturated heterocycles. The molecule has 34 heavy (non-hydrogen) atoms. The lowest BCUT2D eigenvalue weighted by Gasteiger charge is -2.39. The molecule has 0 spiro atoms. The van der Waals surface area contributed by atoms with Gasteiger partial charge in [-0.3, -0.25) is 10.1 Å². The molecule has 0 radical (unpaired) electrons. The number of thiol groups is 1. The predicted molar refractivity (Wildman–Crippen MR) is 142 cm³/mol. The molecule has 0 bridgehead atoms. The van der Waals surface area contributed by atoms with Crippen LogP contribution in [-0.2, 0) is 15.1 Å². The average Bonchev–Trinajstić information content (AvgIpc) is 2.84. The van der Waals surface area contributed by atoms with Crippen LogP contribution in [0.2, 0.25) is 0 Å². The Bertz CT molecular complexity index is 953. The molecule has 3 N–H and O–H groups in total. The molecule has 0 aromatic heterocycles. The van der Waals surface area contributed by atoms with Gasteiger partial charge >= 0.3 is 5.97 Å². The van der Waals surface area contributed by atoms with Gasteiger partial charge in [0.25, 0.3) is 0 Å². The Morgan fingerprint density at radius 3 is 1.50 bits per heavy atom. The van der Waals surface area contributed by atoms with Gasteiger partial charge in [0.05, 0.1) is 11.6 Å². The zero-order valence-corrected chi connectivity index (χ0v) is 20.9. The van der Waals surface area contributed by atoms with E-state index in [-0.39, 0.29) is 24.1 Å². The van der Waals surface area contributed by atoms with Crippen molar-refractivity contribution in [1.82, 2.24) is 10.6 Å². The molecule has 0 saturated carbocycles. The standard InChI is InChI=1S/C27H30N2O3S.ClH/c1-19(2)24(26(31)32)28-25(30)23(18-33)29-27(20-12-6-3-7-13-20,21-14-8-4-9-15-21)22-16-10-5-11-17-22;/h3-17,19,23-24,29,33H,18H2,1-2H3,(H,28,30)(H,31,32);1H/t23-,24-;/m0./s1. The third kappa shape index (κ3) is 6.00. The molecule has 0 unspecified atom stereocenters. The molecule has 0 heterocycles. The summed E-state index contributed by atoms with van der Waals surface area (Å²) in [5, 5.41) is 15.8. The molecule has 3 aromatic rings. The Kier molecular flexibility index (Phi) is 10.2. The summed E-state index contributed by atoms with van der Waals surface area (Å²) in [6.07, 6.45) is 0. The van der Waals surface area contributed by atoms with Crippen LogP contribution in [0.3, 0.4) is 0 Å². The van der Waals surface area contributed by atoms with Crippen LogP contribution in [0.15, 0.2) is 91.0 Å². The lowest BCUT2D eigenvalue weighted by molar-refractivity contribution is -0.143. The third-order valence-electron chi connectivity index (χ3n) is 5.74. The fourth-order valence-corrected chi connectivity index (χ4v) is 4.29. The number of carbonyl (C=O) groups is 2. The molecular formula is C27H31ClN2O3S. The molecule has 7 heteroatoms. The first-order valence-corrected chi connectivity index (χ1v) is 11.6. The number of carboxylic acid groups (broad SMARTS) is 1. The summed E-state index contributed by atoms with van der Waals surface area (Å²) >= 11 is 4.46. The molecule has 1 amide bonds. The number of hydrogen-bond acceptors (Lipinski definition) is 4. The predicted octanol–water partition coefficient (Wildman–Crippen LogP) is 4.51. The van der Waals surface area contributed by atoms with E-state index in [9.17, 15) is 14.7 Å². The summed E-state index contributed by atoms with van der Waals surface area (Å²) in [7, 11) is 0. The van der Waals surface area contributed by atoms with Gasteiger partial charge in [0, 0.05) is 5.75 Å². The molecule has 3 aromatic carbocycles. The number of amides is 1. The number of halogens is 1. The van der Waals surface area contributed by atoms with Crippen molar-refractivity contribution in [2.24, 2.45) is 5.92 Å². The average molecular weight is 499 g/mol. The van der Waals surface area contributed by atoms with Crippen molar-refractivity contribution in [3.05, 3.63) is 108 Å². The highest BCUT2D eigenvalue weighted by molar-refractivity contribution is 7.80. The number of hydrogen-bond donors (Lipinski definition) is 4. The van der Waals surface area contributed by atoms with Crippen molar-refractivity contribution in [2.45, 2.75) is 31.5 Å². The molecule has 0 aliphatic heterocycles. The van der Waals surface area contributed by atoms with Crippen LogP contribution in [0, 0.1) is 5.92 Å². The van der Waals surface area contributed by atoms with E-state index in [0.717, 1.165) is 16.7 Å². The highest BCUT2D eigenvalue weighted by Crippen LogP contribution is 2.37. The van der Waals surface area contributed by atoms with Crippen molar-refractivity contribution in [3.8, 4) is 0 Å². The second-order valence-corrected chi connectivity index (χ2v) is 8.66. The smallest absolute Gasteiger partial charge is 0.326 e. The van der Waals surface area contributed by atoms with E-state index >= 15 is 0 Å². The van der Waals surface area contributed by atoms with E-state index < -0.39 is 29.5 Å². The molecule has 180 valence electrons. The fourth-order valence-electron chi connectivity index (χ4n) is 4.04. The van der Waals surface area contributed by atoms with Crippen LogP contribution in [0.25, 0.3) is 0 Å². The van der Waals surface area contributed by atoms with E-state index in [1.807, 2.05) is 91.0 Å². The summed E-state index contributed by atoms with van der Waals surface area (Å²) in [6.45, 7) is 3.54. The van der Waals surface area contributed by atoms with Crippen LogP contribution in [-0.4, -0.2) is 34.8 Å². The second kappa shape index (κ2) is 12.6. The van der Waals surface area contributed by atoms with Gasteiger partial charge in [0.1, 0.15) is 6.04 Å². The van der Waals surface area contributed by atoms with Crippen molar-refractivity contribution in [3.63, 3.8) is 0 Å². The van der Waals surface area contributed by atoms with Crippen molar-refractivity contribution in [1.29, 1.82) is 0 Å². The summed E-state index contributed by atoms with van der Waals surface area (Å²) in [5.74, 6) is -1.53. The van der Waals surface area contributed by atoms with E-state index in [4.69, 9.17) is 0 Å². The summed E-state index contributed by atoms with van der Waals surface area (Å²) in [6, 6.07) is 28.0. The Morgan fingerprint density at radius 1 is 0.824 bits per heavy atom. The van der Waals surface area contributed by atoms with Crippen LogP contribution in [0.5, 0.6) is 0 Å². The number of rotatable bonds is 10. The van der Waals surface area contributed by atoms with Gasteiger partial charge in [-0.1, -0.05) is 105 Å². The summed E-state index contributed by atoms with van der Waals surface area (Å²) in [4.78, 5) is 25.0. The lowest BCUT2D eigenvalue weighted by Crippen LogP contribution is -2.58. The maximum Gasteiger partial charge on any atom is 0.326 e. The maximum atomic E-state index is 13.3. The Hall–Kier alpha value is -2.80. The first kappa shape index (κ1) is 27.4. The first-order chi connectivity index (χ1) is 15.9. The van der Waals surface area contributed by atoms with Gasteiger partial charge in [0.2, 0.25) is 5.91 Å². The Balaban J connectivity index is 0.00000408. The molecule has 2 atom stereocenters. The largest absolute Gasteiger partial charge is 0.480 e. The number of carboxylic acids is 1. The van der Waals surface area contributed by atoms with Gasteiger partial charge < -0.3 is 10.4 Å². The lowest BCUT2D eigenvalue weighted by atomic mass is 9.76. The highest BCUT2D eigenvalue weighted by Gasteiger charge is 2.40. The molecule has 0 aliphatic carbocycles. The fraction of sp³-hybridized carbons (Fsp3) is 0.259. The van der Waals surface area contributed by atoms with Gasteiger partial charge in [-0.25, -0.2) is 4.79 Å². The zero-order chi connectivity index (χ0) is 23.8. The topological polar surface area (TPSA) is 78.4 Å². The van der Waals surface area contributed by atoms with E-state index in [1.54, 1.807) is 13.8 Å². The Labute approximate surface area is 212 Å². The van der Waals surface area contributed by atoms with Crippen LogP contribution < -0.4 is 10.6 Å². The van der Waals surface area contributed by atoms with Crippen LogP contribution in [0.4, 0.5) is 0 Å². The van der Waals surface area contributed by atoms with Crippen LogP contribution in [0.1, 0.15) is 30.5 Å². The maximum absolute atomic E-state index is 13.3. The van der Waals surface area contributed by atoms with Crippen molar-refractivity contribution < 1.29 is 14.7 Å². The molecule has 0 aliphatic rings. The minimum atomic E-state index is -1.06. The summed E-state index contributed by atoms with van der Waals surface area (Å²) in [5.41, 5.74) is 2.02. The van der Waals surface area contributed by atoms with E-state index in [1.165, 1.54) is 0 Å². The van der Waals surface area contributed by atoms with Gasteiger partial charge in [-0.2, -0.15) is 12.6 Å². The third-order valence-corrected chi connectivity index (χ3v) is 6.11. The Morgan fingerprint density at radius 2 is 1.21 bits per heavy atom.